The monoisotopic (exact) mass is 442 g/mol. The van der Waals surface area contributed by atoms with Crippen LogP contribution in [-0.2, 0) is 15.8 Å². The van der Waals surface area contributed by atoms with E-state index in [1.165, 1.54) is 6.92 Å². The van der Waals surface area contributed by atoms with Gasteiger partial charge in [-0.25, -0.2) is 0 Å². The molecule has 0 unspecified atom stereocenters. The van der Waals surface area contributed by atoms with Crippen LogP contribution in [0.2, 0.25) is 0 Å². The standard InChI is InChI=1S/C20H25F3N4O4/c1-13(28)24-16-6-10-26(11-7-16)19(29)14-4-8-25(9-5-14)17-3-2-15(20(21,22)23)12-18(17)27(30)31/h2-3,12,14,16H,4-11H2,1H3,(H,24,28). The molecule has 0 radical (unpaired) electrons. The Morgan fingerprint density at radius 1 is 1.10 bits per heavy atom. The van der Waals surface area contributed by atoms with Crippen LogP contribution in [0.25, 0.3) is 0 Å². The van der Waals surface area contributed by atoms with Crippen LogP contribution < -0.4 is 10.2 Å². The highest BCUT2D eigenvalue weighted by Gasteiger charge is 2.36. The number of nitro groups is 1. The van der Waals surface area contributed by atoms with E-state index in [1.807, 2.05) is 0 Å². The number of likely N-dealkylation sites (tertiary alicyclic amines) is 1. The summed E-state index contributed by atoms with van der Waals surface area (Å²) in [6, 6.07) is 2.61. The van der Waals surface area contributed by atoms with E-state index in [2.05, 4.69) is 5.32 Å². The van der Waals surface area contributed by atoms with E-state index in [-0.39, 0.29) is 29.5 Å². The van der Waals surface area contributed by atoms with Crippen LogP contribution in [0.3, 0.4) is 0 Å². The second kappa shape index (κ2) is 9.11. The third kappa shape index (κ3) is 5.45. The molecule has 2 fully saturated rings. The van der Waals surface area contributed by atoms with E-state index >= 15 is 0 Å². The SMILES string of the molecule is CC(=O)NC1CCN(C(=O)C2CCN(c3ccc(C(F)(F)F)cc3[N+](=O)[O-])CC2)CC1. The zero-order chi connectivity index (χ0) is 22.8. The average Bonchev–Trinajstić information content (AvgIpc) is 2.72. The van der Waals surface area contributed by atoms with Crippen LogP contribution >= 0.6 is 0 Å². The molecular weight excluding hydrogens is 417 g/mol. The fourth-order valence-corrected chi connectivity index (χ4v) is 4.27. The van der Waals surface area contributed by atoms with Gasteiger partial charge in [-0.1, -0.05) is 0 Å². The Kier molecular flexibility index (Phi) is 6.71. The van der Waals surface area contributed by atoms with E-state index in [1.54, 1.807) is 9.80 Å². The minimum absolute atomic E-state index is 0.0304. The van der Waals surface area contributed by atoms with Crippen molar-refractivity contribution < 1.29 is 27.7 Å². The number of carbonyl (C=O) groups is 2. The Morgan fingerprint density at radius 3 is 2.23 bits per heavy atom. The summed E-state index contributed by atoms with van der Waals surface area (Å²) in [5.41, 5.74) is -1.50. The highest BCUT2D eigenvalue weighted by atomic mass is 19.4. The summed E-state index contributed by atoms with van der Waals surface area (Å²) in [6.45, 7) is 3.30. The van der Waals surface area contributed by atoms with Gasteiger partial charge in [0.05, 0.1) is 10.5 Å². The predicted octanol–water partition coefficient (Wildman–Crippen LogP) is 2.96. The lowest BCUT2D eigenvalue weighted by Crippen LogP contribution is -2.49. The van der Waals surface area contributed by atoms with Gasteiger partial charge in [-0.2, -0.15) is 13.2 Å². The van der Waals surface area contributed by atoms with Crippen LogP contribution in [0.15, 0.2) is 18.2 Å². The molecule has 11 heteroatoms. The molecule has 1 aromatic carbocycles. The number of alkyl halides is 3. The Bertz CT molecular complexity index is 845. The van der Waals surface area contributed by atoms with Gasteiger partial charge in [-0.05, 0) is 37.8 Å². The molecular formula is C20H25F3N4O4. The van der Waals surface area contributed by atoms with Crippen molar-refractivity contribution in [1.82, 2.24) is 10.2 Å². The first-order valence-electron chi connectivity index (χ1n) is 10.2. The van der Waals surface area contributed by atoms with E-state index < -0.39 is 22.4 Å². The molecule has 1 aromatic rings. The molecule has 170 valence electrons. The summed E-state index contributed by atoms with van der Waals surface area (Å²) < 4.78 is 38.7. The Morgan fingerprint density at radius 2 is 1.71 bits per heavy atom. The maximum absolute atomic E-state index is 12.9. The molecule has 2 amide bonds. The summed E-state index contributed by atoms with van der Waals surface area (Å²) in [4.78, 5) is 38.0. The van der Waals surface area contributed by atoms with Gasteiger partial charge in [0.25, 0.3) is 5.69 Å². The normalized spacial score (nSPS) is 18.7. The molecule has 2 aliphatic rings. The van der Waals surface area contributed by atoms with Crippen LogP contribution in [0.5, 0.6) is 0 Å². The summed E-state index contributed by atoms with van der Waals surface area (Å²) in [7, 11) is 0. The number of benzene rings is 1. The number of nitrogens with one attached hydrogen (secondary N) is 1. The van der Waals surface area contributed by atoms with E-state index in [0.29, 0.717) is 57.9 Å². The summed E-state index contributed by atoms with van der Waals surface area (Å²) in [5.74, 6) is -0.278. The number of piperidine rings is 2. The topological polar surface area (TPSA) is 95.8 Å². The number of amides is 2. The lowest BCUT2D eigenvalue weighted by atomic mass is 9.93. The molecule has 0 spiro atoms. The molecule has 3 rings (SSSR count). The van der Waals surface area contributed by atoms with E-state index in [9.17, 15) is 32.9 Å². The third-order valence-electron chi connectivity index (χ3n) is 5.90. The third-order valence-corrected chi connectivity index (χ3v) is 5.90. The molecule has 0 bridgehead atoms. The second-order valence-electron chi connectivity index (χ2n) is 8.02. The van der Waals surface area contributed by atoms with Crippen LogP contribution in [0.4, 0.5) is 24.5 Å². The first-order chi connectivity index (χ1) is 14.6. The Balaban J connectivity index is 1.60. The fraction of sp³-hybridized carbons (Fsp3) is 0.600. The molecule has 0 saturated carbocycles. The first kappa shape index (κ1) is 22.8. The molecule has 2 saturated heterocycles. The maximum Gasteiger partial charge on any atom is 0.416 e. The van der Waals surface area contributed by atoms with Crippen molar-refractivity contribution in [2.75, 3.05) is 31.1 Å². The van der Waals surface area contributed by atoms with Gasteiger partial charge in [-0.3, -0.25) is 19.7 Å². The van der Waals surface area contributed by atoms with Gasteiger partial charge in [0, 0.05) is 51.1 Å². The van der Waals surface area contributed by atoms with Crippen molar-refractivity contribution in [3.63, 3.8) is 0 Å². The predicted molar refractivity (Wildman–Crippen MR) is 106 cm³/mol. The molecule has 1 N–H and O–H groups in total. The Hall–Kier alpha value is -2.85. The quantitative estimate of drug-likeness (QED) is 0.571. The van der Waals surface area contributed by atoms with Gasteiger partial charge in [0.15, 0.2) is 0 Å². The van der Waals surface area contributed by atoms with Crippen LogP contribution in [0.1, 0.15) is 38.2 Å². The number of nitrogens with zero attached hydrogens (tertiary/aromatic N) is 3. The Labute approximate surface area is 177 Å². The summed E-state index contributed by atoms with van der Waals surface area (Å²) in [6.07, 6.45) is -2.31. The second-order valence-corrected chi connectivity index (χ2v) is 8.02. The molecule has 0 aromatic heterocycles. The largest absolute Gasteiger partial charge is 0.416 e. The molecule has 8 nitrogen and oxygen atoms in total. The average molecular weight is 442 g/mol. The number of halogens is 3. The molecule has 2 aliphatic heterocycles. The van der Waals surface area contributed by atoms with Gasteiger partial charge in [0.2, 0.25) is 11.8 Å². The van der Waals surface area contributed by atoms with Gasteiger partial charge in [0.1, 0.15) is 5.69 Å². The smallest absolute Gasteiger partial charge is 0.366 e. The van der Waals surface area contributed by atoms with E-state index in [4.69, 9.17) is 0 Å². The summed E-state index contributed by atoms with van der Waals surface area (Å²) in [5, 5.41) is 14.2. The van der Waals surface area contributed by atoms with Gasteiger partial charge < -0.3 is 15.1 Å². The number of carbonyl (C=O) groups excluding carboxylic acids is 2. The van der Waals surface area contributed by atoms with E-state index in [0.717, 1.165) is 12.1 Å². The van der Waals surface area contributed by atoms with Crippen LogP contribution in [-0.4, -0.2) is 53.9 Å². The lowest BCUT2D eigenvalue weighted by Gasteiger charge is -2.38. The van der Waals surface area contributed by atoms with Gasteiger partial charge >= 0.3 is 6.18 Å². The van der Waals surface area contributed by atoms with Crippen molar-refractivity contribution in [2.24, 2.45) is 5.92 Å². The zero-order valence-electron chi connectivity index (χ0n) is 17.2. The van der Waals surface area contributed by atoms with Crippen molar-refractivity contribution >= 4 is 23.2 Å². The number of hydrogen-bond acceptors (Lipinski definition) is 5. The highest BCUT2D eigenvalue weighted by Crippen LogP contribution is 2.38. The van der Waals surface area contributed by atoms with Crippen molar-refractivity contribution in [3.05, 3.63) is 33.9 Å². The molecule has 2 heterocycles. The number of rotatable bonds is 4. The number of nitro benzene ring substituents is 1. The van der Waals surface area contributed by atoms with Gasteiger partial charge in [-0.15, -0.1) is 0 Å². The zero-order valence-corrected chi connectivity index (χ0v) is 17.2. The minimum Gasteiger partial charge on any atom is -0.366 e. The highest BCUT2D eigenvalue weighted by molar-refractivity contribution is 5.79. The minimum atomic E-state index is -4.66. The van der Waals surface area contributed by atoms with Crippen molar-refractivity contribution in [2.45, 2.75) is 44.8 Å². The van der Waals surface area contributed by atoms with Crippen molar-refractivity contribution in [3.8, 4) is 0 Å². The lowest BCUT2D eigenvalue weighted by molar-refractivity contribution is -0.384. The molecule has 0 atom stereocenters. The summed E-state index contributed by atoms with van der Waals surface area (Å²) >= 11 is 0. The first-order valence-corrected chi connectivity index (χ1v) is 10.2. The molecule has 0 aliphatic carbocycles. The number of anilines is 1. The molecule has 31 heavy (non-hydrogen) atoms. The van der Waals surface area contributed by atoms with Crippen LogP contribution in [0, 0.1) is 16.0 Å². The van der Waals surface area contributed by atoms with Crippen molar-refractivity contribution in [1.29, 1.82) is 0 Å². The fourth-order valence-electron chi connectivity index (χ4n) is 4.27. The maximum atomic E-state index is 12.9. The number of hydrogen-bond donors (Lipinski definition) is 1.